The van der Waals surface area contributed by atoms with Crippen LogP contribution >= 0.6 is 0 Å². The van der Waals surface area contributed by atoms with Gasteiger partial charge in [-0.15, -0.1) is 0 Å². The predicted molar refractivity (Wildman–Crippen MR) is 25.9 cm³/mol. The number of allylic oxidation sites excluding steroid dienone is 2. The molecule has 27 valence electrons. The van der Waals surface area contributed by atoms with Crippen LogP contribution in [0.1, 0.15) is 0 Å². The Morgan fingerprint density at radius 1 is 1.20 bits per heavy atom. The van der Waals surface area contributed by atoms with E-state index in [1.807, 2.05) is 0 Å². The summed E-state index contributed by atoms with van der Waals surface area (Å²) in [6.45, 7) is 0. The predicted octanol–water partition coefficient (Wildman–Crippen LogP) is 0.829. The molecule has 1 heterocycles. The van der Waals surface area contributed by atoms with E-state index >= 15 is 0 Å². The van der Waals surface area contributed by atoms with E-state index < -0.39 is 0 Å². The largest absolute Gasteiger partial charge is 0.0920 e. The molecule has 1 radical (unpaired) electrons. The highest BCUT2D eigenvalue weighted by Crippen LogP contribution is 1.97. The van der Waals surface area contributed by atoms with Gasteiger partial charge in [0.25, 0.3) is 0 Å². The number of rotatable bonds is 0. The second kappa shape index (κ2) is 1.41. The molecule has 0 saturated heterocycles. The molecule has 0 saturated carbocycles. The van der Waals surface area contributed by atoms with Crippen molar-refractivity contribution in [2.24, 2.45) is 0 Å². The van der Waals surface area contributed by atoms with Crippen LogP contribution in [0.25, 0.3) is 0 Å². The van der Waals surface area contributed by atoms with Crippen LogP contribution in [0.2, 0.25) is 12.1 Å². The minimum Gasteiger partial charge on any atom is -0.0920 e. The maximum Gasteiger partial charge on any atom is 0.0363 e. The van der Waals surface area contributed by atoms with Gasteiger partial charge < -0.3 is 0 Å². The molecule has 0 aliphatic carbocycles. The van der Waals surface area contributed by atoms with Crippen LogP contribution < -0.4 is 0 Å². The molecule has 0 aromatic carbocycles. The summed E-state index contributed by atoms with van der Waals surface area (Å²) in [6.07, 6.45) is 4.55. The van der Waals surface area contributed by atoms with Gasteiger partial charge in [-0.05, 0) is 12.1 Å². The van der Waals surface area contributed by atoms with E-state index in [-0.39, 0.29) is 0 Å². The van der Waals surface area contributed by atoms with Crippen molar-refractivity contribution < 1.29 is 0 Å². The second-order valence-corrected chi connectivity index (χ2v) is 2.75. The van der Waals surface area contributed by atoms with Gasteiger partial charge in [0.05, 0.1) is 0 Å². The third-order valence-electron chi connectivity index (χ3n) is 0.772. The lowest BCUT2D eigenvalue weighted by Gasteiger charge is -1.66. The summed E-state index contributed by atoms with van der Waals surface area (Å²) in [4.78, 5) is 0. The van der Waals surface area contributed by atoms with Crippen molar-refractivity contribution in [3.63, 3.8) is 0 Å². The molecule has 1 aliphatic rings. The van der Waals surface area contributed by atoms with E-state index in [1.54, 1.807) is 0 Å². The van der Waals surface area contributed by atoms with Gasteiger partial charge in [0.2, 0.25) is 0 Å². The molecular weight excluding hydrogens is 76.1 g/mol. The second-order valence-electron chi connectivity index (χ2n) is 1.23. The molecule has 0 amide bonds. The molecule has 0 N–H and O–H groups in total. The first-order valence-corrected chi connectivity index (χ1v) is 3.60. The van der Waals surface area contributed by atoms with Crippen molar-refractivity contribution in [3.8, 4) is 0 Å². The fourth-order valence-corrected chi connectivity index (χ4v) is 1.44. The van der Waals surface area contributed by atoms with Gasteiger partial charge >= 0.3 is 0 Å². The molecule has 0 aromatic rings. The van der Waals surface area contributed by atoms with Crippen molar-refractivity contribution in [1.29, 1.82) is 0 Å². The van der Waals surface area contributed by atoms with E-state index in [1.165, 1.54) is 12.1 Å². The molecule has 1 heteroatoms. The van der Waals surface area contributed by atoms with Crippen molar-refractivity contribution in [2.75, 3.05) is 0 Å². The number of hydrogen-bond acceptors (Lipinski definition) is 0. The first-order valence-electron chi connectivity index (χ1n) is 1.97. The van der Waals surface area contributed by atoms with Gasteiger partial charge in [-0.3, -0.25) is 0 Å². The number of hydrogen-bond donors (Lipinski definition) is 0. The Labute approximate surface area is 34.7 Å². The van der Waals surface area contributed by atoms with Crippen LogP contribution in [-0.2, 0) is 0 Å². The lowest BCUT2D eigenvalue weighted by atomic mass is 10.6. The monoisotopic (exact) mass is 83.0 g/mol. The standard InChI is InChI=1S/C4H7Si/c1-2-4-5-3-1/h1-2,5H,3-4H2. The van der Waals surface area contributed by atoms with Gasteiger partial charge in [-0.25, -0.2) is 0 Å². The van der Waals surface area contributed by atoms with E-state index in [2.05, 4.69) is 12.2 Å². The molecule has 0 unspecified atom stereocenters. The van der Waals surface area contributed by atoms with Crippen LogP contribution in [-0.4, -0.2) is 9.52 Å². The van der Waals surface area contributed by atoms with Crippen LogP contribution in [0.5, 0.6) is 0 Å². The first kappa shape index (κ1) is 3.16. The van der Waals surface area contributed by atoms with Gasteiger partial charge in [0.1, 0.15) is 0 Å². The van der Waals surface area contributed by atoms with E-state index in [9.17, 15) is 0 Å². The summed E-state index contributed by atoms with van der Waals surface area (Å²) >= 11 is 0. The summed E-state index contributed by atoms with van der Waals surface area (Å²) < 4.78 is 0. The quantitative estimate of drug-likeness (QED) is 0.300. The lowest BCUT2D eigenvalue weighted by Crippen LogP contribution is -1.70. The Morgan fingerprint density at radius 2 is 1.80 bits per heavy atom. The molecule has 0 nitrogen and oxygen atoms in total. The minimum absolute atomic E-state index is 0.815. The molecule has 0 fully saturated rings. The highest BCUT2D eigenvalue weighted by molar-refractivity contribution is 6.38. The van der Waals surface area contributed by atoms with Gasteiger partial charge in [0.15, 0.2) is 0 Å². The van der Waals surface area contributed by atoms with Crippen molar-refractivity contribution in [3.05, 3.63) is 12.2 Å². The molecule has 0 atom stereocenters. The Balaban J connectivity index is 2.32. The summed E-state index contributed by atoms with van der Waals surface area (Å²) in [7, 11) is 0.815. The van der Waals surface area contributed by atoms with Crippen LogP contribution in [0.15, 0.2) is 12.2 Å². The zero-order chi connectivity index (χ0) is 3.54. The summed E-state index contributed by atoms with van der Waals surface area (Å²) in [5.41, 5.74) is 0. The maximum absolute atomic E-state index is 2.27. The topological polar surface area (TPSA) is 0 Å². The molecule has 5 heavy (non-hydrogen) atoms. The Morgan fingerprint density at radius 3 is 2.00 bits per heavy atom. The molecule has 1 rings (SSSR count). The fraction of sp³-hybridized carbons (Fsp3) is 0.500. The highest BCUT2D eigenvalue weighted by atomic mass is 28.2. The van der Waals surface area contributed by atoms with Gasteiger partial charge in [-0.2, -0.15) is 0 Å². The third kappa shape index (κ3) is 0.617. The van der Waals surface area contributed by atoms with Crippen molar-refractivity contribution in [1.82, 2.24) is 0 Å². The Kier molecular flexibility index (Phi) is 0.889. The molecule has 0 aromatic heterocycles. The third-order valence-corrected chi connectivity index (χ3v) is 1.98. The smallest absolute Gasteiger partial charge is 0.0363 e. The fourth-order valence-electron chi connectivity index (χ4n) is 0.481. The summed E-state index contributed by atoms with van der Waals surface area (Å²) in [5.74, 6) is 0. The van der Waals surface area contributed by atoms with Crippen LogP contribution in [0, 0.1) is 0 Å². The zero-order valence-corrected chi connectivity index (χ0v) is 4.30. The normalized spacial score (nSPS) is 20.8. The lowest BCUT2D eigenvalue weighted by molar-refractivity contribution is 1.75. The average Bonchev–Trinajstić information content (AvgIpc) is 1.76. The molecular formula is C4H7Si. The summed E-state index contributed by atoms with van der Waals surface area (Å²) in [5, 5.41) is 0. The summed E-state index contributed by atoms with van der Waals surface area (Å²) in [6, 6.07) is 2.81. The van der Waals surface area contributed by atoms with Gasteiger partial charge in [-0.1, -0.05) is 12.2 Å². The Bertz CT molecular complexity index is 41.6. The van der Waals surface area contributed by atoms with Crippen LogP contribution in [0.3, 0.4) is 0 Å². The van der Waals surface area contributed by atoms with E-state index in [0.717, 1.165) is 9.52 Å². The Hall–Kier alpha value is -0.0431. The molecule has 0 bridgehead atoms. The zero-order valence-electron chi connectivity index (χ0n) is 3.15. The van der Waals surface area contributed by atoms with Crippen molar-refractivity contribution >= 4 is 9.52 Å². The van der Waals surface area contributed by atoms with Crippen LogP contribution in [0.4, 0.5) is 0 Å². The van der Waals surface area contributed by atoms with E-state index in [0.29, 0.717) is 0 Å². The average molecular weight is 83.2 g/mol. The maximum atomic E-state index is 2.27. The molecule has 1 aliphatic heterocycles. The van der Waals surface area contributed by atoms with Crippen molar-refractivity contribution in [2.45, 2.75) is 12.1 Å². The SMILES string of the molecule is C1=CC[SiH]C1. The van der Waals surface area contributed by atoms with Gasteiger partial charge in [0, 0.05) is 9.52 Å². The molecule has 0 spiro atoms. The highest BCUT2D eigenvalue weighted by Gasteiger charge is 1.86. The first-order chi connectivity index (χ1) is 2.50. The van der Waals surface area contributed by atoms with E-state index in [4.69, 9.17) is 0 Å². The minimum atomic E-state index is 0.815.